The van der Waals surface area contributed by atoms with E-state index in [0.29, 0.717) is 37.8 Å². The fourth-order valence-electron chi connectivity index (χ4n) is 1.64. The number of aliphatic hydroxyl groups excluding tert-OH is 1. The van der Waals surface area contributed by atoms with Crippen molar-refractivity contribution >= 4 is 0 Å². The number of benzene rings is 1. The van der Waals surface area contributed by atoms with E-state index in [1.807, 2.05) is 31.2 Å². The summed E-state index contributed by atoms with van der Waals surface area (Å²) in [5.41, 5.74) is 1.00. The van der Waals surface area contributed by atoms with Gasteiger partial charge in [0.25, 0.3) is 0 Å². The normalized spacial score (nSPS) is 12.0. The zero-order valence-corrected chi connectivity index (χ0v) is 12.8. The molecule has 1 rings (SSSR count). The van der Waals surface area contributed by atoms with Gasteiger partial charge in [0.15, 0.2) is 11.5 Å². The molecule has 5 heteroatoms. The predicted molar refractivity (Wildman–Crippen MR) is 83.0 cm³/mol. The topological polar surface area (TPSA) is 60.0 Å². The van der Waals surface area contributed by atoms with Crippen LogP contribution >= 0.6 is 0 Å². The third kappa shape index (κ3) is 7.70. The van der Waals surface area contributed by atoms with E-state index in [9.17, 15) is 5.11 Å². The van der Waals surface area contributed by atoms with Gasteiger partial charge in [0.05, 0.1) is 20.3 Å². The molecule has 5 nitrogen and oxygen atoms in total. The van der Waals surface area contributed by atoms with Gasteiger partial charge in [-0.05, 0) is 19.1 Å². The van der Waals surface area contributed by atoms with Gasteiger partial charge < -0.3 is 24.6 Å². The molecular formula is C16H25NO4. The van der Waals surface area contributed by atoms with Crippen LogP contribution in [0.3, 0.4) is 0 Å². The Balaban J connectivity index is 2.13. The van der Waals surface area contributed by atoms with E-state index in [0.717, 1.165) is 5.57 Å². The minimum Gasteiger partial charge on any atom is -0.493 e. The number of hydrogen-bond donors (Lipinski definition) is 2. The third-order valence-electron chi connectivity index (χ3n) is 2.65. The predicted octanol–water partition coefficient (Wildman–Crippen LogP) is 1.62. The van der Waals surface area contributed by atoms with E-state index in [2.05, 4.69) is 11.9 Å². The summed E-state index contributed by atoms with van der Waals surface area (Å²) in [6.45, 7) is 8.18. The second-order valence-corrected chi connectivity index (χ2v) is 4.83. The molecule has 1 unspecified atom stereocenters. The van der Waals surface area contributed by atoms with Gasteiger partial charge in [0.1, 0.15) is 12.7 Å². The van der Waals surface area contributed by atoms with Crippen molar-refractivity contribution in [1.29, 1.82) is 0 Å². The monoisotopic (exact) mass is 295 g/mol. The van der Waals surface area contributed by atoms with Crippen LogP contribution in [0.15, 0.2) is 36.4 Å². The maximum atomic E-state index is 9.84. The number of aliphatic hydroxyl groups is 1. The van der Waals surface area contributed by atoms with E-state index in [-0.39, 0.29) is 6.61 Å². The van der Waals surface area contributed by atoms with Crippen molar-refractivity contribution in [3.63, 3.8) is 0 Å². The first-order chi connectivity index (χ1) is 10.1. The maximum Gasteiger partial charge on any atom is 0.161 e. The minimum absolute atomic E-state index is 0.208. The SMILES string of the molecule is C=C(C)COCCNCC(O)COc1ccccc1OC. The molecule has 0 fully saturated rings. The number of hydrogen-bond acceptors (Lipinski definition) is 5. The summed E-state index contributed by atoms with van der Waals surface area (Å²) >= 11 is 0. The van der Waals surface area contributed by atoms with Crippen LogP contribution in [-0.2, 0) is 4.74 Å². The molecule has 0 aliphatic rings. The van der Waals surface area contributed by atoms with Gasteiger partial charge in [-0.3, -0.25) is 0 Å². The van der Waals surface area contributed by atoms with Crippen molar-refractivity contribution < 1.29 is 19.3 Å². The van der Waals surface area contributed by atoms with Crippen LogP contribution in [0.5, 0.6) is 11.5 Å². The first-order valence-electron chi connectivity index (χ1n) is 7.00. The van der Waals surface area contributed by atoms with Crippen molar-refractivity contribution in [2.75, 3.05) is 40.0 Å². The highest BCUT2D eigenvalue weighted by atomic mass is 16.5. The molecule has 2 N–H and O–H groups in total. The van der Waals surface area contributed by atoms with Crippen LogP contribution < -0.4 is 14.8 Å². The summed E-state index contributed by atoms with van der Waals surface area (Å²) in [7, 11) is 1.59. The summed E-state index contributed by atoms with van der Waals surface area (Å²) < 4.78 is 16.1. The van der Waals surface area contributed by atoms with E-state index < -0.39 is 6.10 Å². The van der Waals surface area contributed by atoms with Crippen LogP contribution in [-0.4, -0.2) is 51.2 Å². The van der Waals surface area contributed by atoms with Gasteiger partial charge in [0, 0.05) is 13.1 Å². The highest BCUT2D eigenvalue weighted by Crippen LogP contribution is 2.25. The van der Waals surface area contributed by atoms with Crippen molar-refractivity contribution in [3.8, 4) is 11.5 Å². The van der Waals surface area contributed by atoms with E-state index in [1.54, 1.807) is 7.11 Å². The molecule has 0 amide bonds. The fourth-order valence-corrected chi connectivity index (χ4v) is 1.64. The molecule has 1 aromatic carbocycles. The lowest BCUT2D eigenvalue weighted by atomic mass is 10.3. The second kappa shape index (κ2) is 10.2. The smallest absolute Gasteiger partial charge is 0.161 e. The molecule has 0 saturated heterocycles. The van der Waals surface area contributed by atoms with E-state index in [1.165, 1.54) is 0 Å². The lowest BCUT2D eigenvalue weighted by Gasteiger charge is -2.15. The Morgan fingerprint density at radius 3 is 2.71 bits per heavy atom. The summed E-state index contributed by atoms with van der Waals surface area (Å²) in [6.07, 6.45) is -0.587. The van der Waals surface area contributed by atoms with Crippen LogP contribution in [0.4, 0.5) is 0 Å². The highest BCUT2D eigenvalue weighted by molar-refractivity contribution is 5.39. The first-order valence-corrected chi connectivity index (χ1v) is 7.00. The average Bonchev–Trinajstić information content (AvgIpc) is 2.48. The fraction of sp³-hybridized carbons (Fsp3) is 0.500. The third-order valence-corrected chi connectivity index (χ3v) is 2.65. The molecular weight excluding hydrogens is 270 g/mol. The first kappa shape index (κ1) is 17.5. The zero-order chi connectivity index (χ0) is 15.5. The molecule has 0 aliphatic heterocycles. The van der Waals surface area contributed by atoms with Gasteiger partial charge in [-0.25, -0.2) is 0 Å². The summed E-state index contributed by atoms with van der Waals surface area (Å²) in [4.78, 5) is 0. The second-order valence-electron chi connectivity index (χ2n) is 4.83. The molecule has 1 aromatic rings. The van der Waals surface area contributed by atoms with Crippen molar-refractivity contribution in [3.05, 3.63) is 36.4 Å². The van der Waals surface area contributed by atoms with Crippen LogP contribution in [0.2, 0.25) is 0 Å². The van der Waals surface area contributed by atoms with Crippen LogP contribution in [0.1, 0.15) is 6.92 Å². The molecule has 1 atom stereocenters. The van der Waals surface area contributed by atoms with Gasteiger partial charge in [0.2, 0.25) is 0 Å². The molecule has 0 saturated carbocycles. The molecule has 0 bridgehead atoms. The molecule has 0 aliphatic carbocycles. The molecule has 0 spiro atoms. The number of para-hydroxylation sites is 2. The average molecular weight is 295 g/mol. The lowest BCUT2D eigenvalue weighted by molar-refractivity contribution is 0.0997. The van der Waals surface area contributed by atoms with E-state index in [4.69, 9.17) is 14.2 Å². The molecule has 0 heterocycles. The molecule has 21 heavy (non-hydrogen) atoms. The van der Waals surface area contributed by atoms with Gasteiger partial charge in [-0.1, -0.05) is 24.3 Å². The molecule has 0 aromatic heterocycles. The Morgan fingerprint density at radius 1 is 1.33 bits per heavy atom. The lowest BCUT2D eigenvalue weighted by Crippen LogP contribution is -2.33. The summed E-state index contributed by atoms with van der Waals surface area (Å²) in [5, 5.41) is 12.9. The van der Waals surface area contributed by atoms with E-state index >= 15 is 0 Å². The Hall–Kier alpha value is -1.56. The van der Waals surface area contributed by atoms with Crippen molar-refractivity contribution in [1.82, 2.24) is 5.32 Å². The number of methoxy groups -OCH3 is 1. The number of ether oxygens (including phenoxy) is 3. The zero-order valence-electron chi connectivity index (χ0n) is 12.8. The van der Waals surface area contributed by atoms with Gasteiger partial charge in [-0.15, -0.1) is 0 Å². The van der Waals surface area contributed by atoms with Gasteiger partial charge in [-0.2, -0.15) is 0 Å². The highest BCUT2D eigenvalue weighted by Gasteiger charge is 2.07. The summed E-state index contributed by atoms with van der Waals surface area (Å²) in [5.74, 6) is 1.29. The Bertz CT molecular complexity index is 422. The molecule has 118 valence electrons. The standard InChI is InChI=1S/C16H25NO4/c1-13(2)11-20-9-8-17-10-14(18)12-21-16-7-5-4-6-15(16)19-3/h4-7,14,17-18H,1,8-12H2,2-3H3. The Labute approximate surface area is 126 Å². The minimum atomic E-state index is -0.587. The van der Waals surface area contributed by atoms with Crippen LogP contribution in [0, 0.1) is 0 Å². The van der Waals surface area contributed by atoms with Gasteiger partial charge >= 0.3 is 0 Å². The van der Waals surface area contributed by atoms with Crippen molar-refractivity contribution in [2.45, 2.75) is 13.0 Å². The number of rotatable bonds is 11. The molecule has 0 radical (unpaired) electrons. The number of nitrogens with one attached hydrogen (secondary N) is 1. The Kier molecular flexibility index (Phi) is 8.50. The van der Waals surface area contributed by atoms with Crippen LogP contribution in [0.25, 0.3) is 0 Å². The quantitative estimate of drug-likeness (QED) is 0.480. The Morgan fingerprint density at radius 2 is 2.05 bits per heavy atom. The largest absolute Gasteiger partial charge is 0.493 e. The van der Waals surface area contributed by atoms with Crippen molar-refractivity contribution in [2.24, 2.45) is 0 Å². The summed E-state index contributed by atoms with van der Waals surface area (Å²) in [6, 6.07) is 7.36. The maximum absolute atomic E-state index is 9.84.